The van der Waals surface area contributed by atoms with Crippen molar-refractivity contribution in [1.82, 2.24) is 19.6 Å². The summed E-state index contributed by atoms with van der Waals surface area (Å²) in [5.74, 6) is -0.915. The van der Waals surface area contributed by atoms with E-state index in [9.17, 15) is 14.0 Å². The zero-order chi connectivity index (χ0) is 26.0. The Hall–Kier alpha value is -3.28. The topological polar surface area (TPSA) is 109 Å². The van der Waals surface area contributed by atoms with Gasteiger partial charge in [0.2, 0.25) is 5.88 Å². The second kappa shape index (κ2) is 10.8. The molecule has 0 unspecified atom stereocenters. The van der Waals surface area contributed by atoms with E-state index in [1.807, 2.05) is 0 Å². The molecular formula is C24H26ClFN6O3S. The normalized spacial score (nSPS) is 12.8. The minimum absolute atomic E-state index is 0.00246. The third kappa shape index (κ3) is 5.43. The highest BCUT2D eigenvalue weighted by Crippen LogP contribution is 2.38. The third-order valence-corrected chi connectivity index (χ3v) is 6.49. The Morgan fingerprint density at radius 1 is 1.25 bits per heavy atom. The monoisotopic (exact) mass is 532 g/mol. The first kappa shape index (κ1) is 25.8. The number of aryl methyl sites for hydroxylation is 1. The van der Waals surface area contributed by atoms with Crippen molar-refractivity contribution in [3.8, 4) is 11.6 Å². The third-order valence-electron chi connectivity index (χ3n) is 5.60. The molecule has 0 atom stereocenters. The van der Waals surface area contributed by atoms with E-state index in [1.165, 1.54) is 36.0 Å². The number of pyridine rings is 2. The highest BCUT2D eigenvalue weighted by molar-refractivity contribution is 7.98. The van der Waals surface area contributed by atoms with Crippen LogP contribution in [0.25, 0.3) is 0 Å². The molecule has 1 aliphatic carbocycles. The first-order valence-electron chi connectivity index (χ1n) is 11.2. The molecule has 0 spiro atoms. The summed E-state index contributed by atoms with van der Waals surface area (Å²) >= 11 is 7.70. The predicted octanol–water partition coefficient (Wildman–Crippen LogP) is 4.81. The smallest absolute Gasteiger partial charge is 0.259 e. The fraction of sp³-hybridized carbons (Fsp3) is 0.292. The van der Waals surface area contributed by atoms with E-state index in [4.69, 9.17) is 16.3 Å². The summed E-state index contributed by atoms with van der Waals surface area (Å²) in [6.45, 7) is 3.32. The SMILES string of the molecule is CNSNc1ccnc(Oc2c(C(=O)NC3CC3)c(Nc3ccc(C)cc3F)n(C)c(=O)c2C)c1Cl. The van der Waals surface area contributed by atoms with Gasteiger partial charge in [-0.25, -0.2) is 14.1 Å². The van der Waals surface area contributed by atoms with Gasteiger partial charge in [0.05, 0.1) is 16.9 Å². The van der Waals surface area contributed by atoms with Gasteiger partial charge < -0.3 is 20.1 Å². The molecule has 4 rings (SSSR count). The van der Waals surface area contributed by atoms with Crippen molar-refractivity contribution in [3.63, 3.8) is 0 Å². The van der Waals surface area contributed by atoms with Gasteiger partial charge in [-0.2, -0.15) is 0 Å². The van der Waals surface area contributed by atoms with E-state index in [0.29, 0.717) is 5.69 Å². The summed E-state index contributed by atoms with van der Waals surface area (Å²) in [5, 5.41) is 6.02. The number of hydrogen-bond donors (Lipinski definition) is 4. The molecule has 1 aliphatic rings. The van der Waals surface area contributed by atoms with Crippen LogP contribution < -0.4 is 30.4 Å². The second-order valence-corrected chi connectivity index (χ2v) is 9.58. The maximum atomic E-state index is 14.7. The molecule has 1 fully saturated rings. The Labute approximate surface area is 217 Å². The number of nitrogens with zero attached hydrogens (tertiary/aromatic N) is 2. The van der Waals surface area contributed by atoms with E-state index in [-0.39, 0.29) is 45.3 Å². The van der Waals surface area contributed by atoms with E-state index in [0.717, 1.165) is 18.4 Å². The lowest BCUT2D eigenvalue weighted by atomic mass is 10.1. The Morgan fingerprint density at radius 3 is 2.67 bits per heavy atom. The molecule has 0 radical (unpaired) electrons. The fourth-order valence-corrected chi connectivity index (χ4v) is 4.14. The lowest BCUT2D eigenvalue weighted by molar-refractivity contribution is 0.0948. The van der Waals surface area contributed by atoms with Crippen LogP contribution >= 0.6 is 23.7 Å². The number of hydrogen-bond acceptors (Lipinski definition) is 8. The van der Waals surface area contributed by atoms with Crippen LogP contribution in [-0.2, 0) is 7.05 Å². The second-order valence-electron chi connectivity index (χ2n) is 8.39. The number of aromatic nitrogens is 2. The molecule has 2 heterocycles. The molecule has 2 aromatic heterocycles. The fourth-order valence-electron chi connectivity index (χ4n) is 3.51. The summed E-state index contributed by atoms with van der Waals surface area (Å²) in [6.07, 6.45) is 3.19. The molecule has 0 bridgehead atoms. The lowest BCUT2D eigenvalue weighted by Gasteiger charge is -2.21. The molecule has 0 aliphatic heterocycles. The number of ether oxygens (including phenoxy) is 1. The van der Waals surface area contributed by atoms with Crippen LogP contribution in [-0.4, -0.2) is 28.5 Å². The summed E-state index contributed by atoms with van der Waals surface area (Å²) in [4.78, 5) is 30.8. The van der Waals surface area contributed by atoms with E-state index < -0.39 is 17.3 Å². The molecule has 0 saturated heterocycles. The van der Waals surface area contributed by atoms with Gasteiger partial charge in [0.15, 0.2) is 5.75 Å². The maximum absolute atomic E-state index is 14.7. The van der Waals surface area contributed by atoms with Crippen molar-refractivity contribution < 1.29 is 13.9 Å². The molecule has 12 heteroatoms. The van der Waals surface area contributed by atoms with Gasteiger partial charge >= 0.3 is 0 Å². The first-order chi connectivity index (χ1) is 17.2. The van der Waals surface area contributed by atoms with Crippen molar-refractivity contribution >= 4 is 46.8 Å². The predicted molar refractivity (Wildman–Crippen MR) is 141 cm³/mol. The standard InChI is InChI=1S/C24H26ClFN6O3S/c1-12-5-8-16(15(26)11-12)30-21-18(22(33)29-14-6-7-14)20(13(2)24(34)32(21)4)35-23-19(25)17(9-10-28-23)31-36-27-3/h5,8-11,14,27,30H,6-7H2,1-4H3,(H,28,31)(H,29,33). The number of rotatable bonds is 9. The molecule has 1 aromatic carbocycles. The highest BCUT2D eigenvalue weighted by atomic mass is 35.5. The zero-order valence-corrected chi connectivity index (χ0v) is 21.7. The quantitative estimate of drug-likeness (QED) is 0.291. The van der Waals surface area contributed by atoms with Crippen molar-refractivity contribution in [2.45, 2.75) is 32.7 Å². The van der Waals surface area contributed by atoms with Gasteiger partial charge in [-0.15, -0.1) is 0 Å². The molecule has 3 aromatic rings. The van der Waals surface area contributed by atoms with Crippen LogP contribution in [0.2, 0.25) is 5.02 Å². The van der Waals surface area contributed by atoms with Gasteiger partial charge in [0, 0.05) is 31.4 Å². The molecular weight excluding hydrogens is 507 g/mol. The average Bonchev–Trinajstić information content (AvgIpc) is 3.66. The van der Waals surface area contributed by atoms with Crippen LogP contribution in [0.5, 0.6) is 11.6 Å². The van der Waals surface area contributed by atoms with Gasteiger partial charge in [-0.05, 0) is 57.5 Å². The van der Waals surface area contributed by atoms with Crippen LogP contribution in [0.3, 0.4) is 0 Å². The minimum Gasteiger partial charge on any atom is -0.436 e. The Kier molecular flexibility index (Phi) is 7.72. The summed E-state index contributed by atoms with van der Waals surface area (Å²) in [6, 6.07) is 6.32. The maximum Gasteiger partial charge on any atom is 0.259 e. The van der Waals surface area contributed by atoms with Crippen LogP contribution in [0.15, 0.2) is 35.3 Å². The number of nitrogens with one attached hydrogen (secondary N) is 4. The molecule has 36 heavy (non-hydrogen) atoms. The zero-order valence-electron chi connectivity index (χ0n) is 20.2. The number of anilines is 3. The van der Waals surface area contributed by atoms with Gasteiger partial charge in [-0.3, -0.25) is 14.2 Å². The summed E-state index contributed by atoms with van der Waals surface area (Å²) in [5.41, 5.74) is 1.15. The largest absolute Gasteiger partial charge is 0.436 e. The van der Waals surface area contributed by atoms with Crippen molar-refractivity contribution in [3.05, 3.63) is 68.3 Å². The molecule has 1 amide bonds. The van der Waals surface area contributed by atoms with Crippen molar-refractivity contribution in [2.24, 2.45) is 7.05 Å². The first-order valence-corrected chi connectivity index (χ1v) is 12.4. The van der Waals surface area contributed by atoms with Crippen LogP contribution in [0.4, 0.5) is 21.6 Å². The molecule has 190 valence electrons. The van der Waals surface area contributed by atoms with Crippen molar-refractivity contribution in [2.75, 3.05) is 17.1 Å². The van der Waals surface area contributed by atoms with E-state index >= 15 is 0 Å². The lowest BCUT2D eigenvalue weighted by Crippen LogP contribution is -2.31. The molecule has 4 N–H and O–H groups in total. The van der Waals surface area contributed by atoms with Crippen molar-refractivity contribution in [1.29, 1.82) is 0 Å². The summed E-state index contributed by atoms with van der Waals surface area (Å²) < 4.78 is 27.9. The van der Waals surface area contributed by atoms with Gasteiger partial charge in [0.1, 0.15) is 22.2 Å². The number of carbonyl (C=O) groups is 1. The van der Waals surface area contributed by atoms with E-state index in [2.05, 4.69) is 25.1 Å². The van der Waals surface area contributed by atoms with Crippen LogP contribution in [0.1, 0.15) is 34.3 Å². The average molecular weight is 533 g/mol. The Bertz CT molecular complexity index is 1380. The number of carbonyl (C=O) groups excluding carboxylic acids is 1. The summed E-state index contributed by atoms with van der Waals surface area (Å²) in [7, 11) is 3.25. The van der Waals surface area contributed by atoms with Gasteiger partial charge in [-0.1, -0.05) is 17.7 Å². The van der Waals surface area contributed by atoms with Crippen LogP contribution in [0, 0.1) is 19.7 Å². The van der Waals surface area contributed by atoms with E-state index in [1.54, 1.807) is 39.1 Å². The highest BCUT2D eigenvalue weighted by Gasteiger charge is 2.31. The number of amides is 1. The Morgan fingerprint density at radius 2 is 2.00 bits per heavy atom. The number of halogens is 2. The minimum atomic E-state index is -0.524. The number of benzene rings is 1. The molecule has 1 saturated carbocycles. The Balaban J connectivity index is 1.86. The van der Waals surface area contributed by atoms with Gasteiger partial charge in [0.25, 0.3) is 11.5 Å². The molecule has 9 nitrogen and oxygen atoms in total.